The van der Waals surface area contributed by atoms with E-state index < -0.39 is 0 Å². The number of halogens is 1. The lowest BCUT2D eigenvalue weighted by Crippen LogP contribution is -2.31. The van der Waals surface area contributed by atoms with E-state index in [1.54, 1.807) is 0 Å². The van der Waals surface area contributed by atoms with Crippen LogP contribution in [-0.4, -0.2) is 22.4 Å². The molecule has 0 bridgehead atoms. The van der Waals surface area contributed by atoms with Crippen molar-refractivity contribution in [1.82, 2.24) is 15.1 Å². The molecule has 0 spiro atoms. The molecule has 0 saturated carbocycles. The molecule has 1 aliphatic heterocycles. The van der Waals surface area contributed by atoms with E-state index >= 15 is 0 Å². The Bertz CT molecular complexity index is 379. The molecule has 1 unspecified atom stereocenters. The van der Waals surface area contributed by atoms with Crippen LogP contribution >= 0.6 is 11.6 Å². The van der Waals surface area contributed by atoms with Crippen LogP contribution in [0.15, 0.2) is 0 Å². The van der Waals surface area contributed by atoms with Gasteiger partial charge in [0.15, 0.2) is 0 Å². The van der Waals surface area contributed by atoms with E-state index in [1.165, 1.54) is 31.4 Å². The highest BCUT2D eigenvalue weighted by molar-refractivity contribution is 6.31. The van der Waals surface area contributed by atoms with Crippen LogP contribution in [0.4, 0.5) is 0 Å². The second kappa shape index (κ2) is 6.58. The minimum atomic E-state index is 0.566. The Morgan fingerprint density at radius 2 is 2.17 bits per heavy atom. The predicted octanol–water partition coefficient (Wildman–Crippen LogP) is 3.19. The van der Waals surface area contributed by atoms with Crippen LogP contribution in [-0.2, 0) is 19.4 Å². The number of hydrogen-bond donors (Lipinski definition) is 1. The summed E-state index contributed by atoms with van der Waals surface area (Å²) in [6.07, 6.45) is 7.17. The van der Waals surface area contributed by atoms with Gasteiger partial charge in [0.1, 0.15) is 0 Å². The highest BCUT2D eigenvalue weighted by atomic mass is 35.5. The minimum absolute atomic E-state index is 0.566. The summed E-state index contributed by atoms with van der Waals surface area (Å²) >= 11 is 6.46. The van der Waals surface area contributed by atoms with Crippen LogP contribution < -0.4 is 5.32 Å². The van der Waals surface area contributed by atoms with Crippen molar-refractivity contribution in [3.63, 3.8) is 0 Å². The molecule has 2 heterocycles. The van der Waals surface area contributed by atoms with E-state index in [0.29, 0.717) is 6.04 Å². The summed E-state index contributed by atoms with van der Waals surface area (Å²) in [6, 6.07) is 0.566. The van der Waals surface area contributed by atoms with Crippen molar-refractivity contribution in [2.75, 3.05) is 6.54 Å². The van der Waals surface area contributed by atoms with E-state index in [4.69, 9.17) is 11.6 Å². The topological polar surface area (TPSA) is 29.9 Å². The molecule has 0 aromatic carbocycles. The first-order chi connectivity index (χ1) is 8.76. The molecule has 1 aromatic rings. The van der Waals surface area contributed by atoms with E-state index in [9.17, 15) is 0 Å². The Hall–Kier alpha value is -0.540. The Labute approximate surface area is 115 Å². The van der Waals surface area contributed by atoms with Crippen molar-refractivity contribution < 1.29 is 0 Å². The van der Waals surface area contributed by atoms with Gasteiger partial charge in [0.2, 0.25) is 0 Å². The van der Waals surface area contributed by atoms with Crippen LogP contribution in [0.5, 0.6) is 0 Å². The van der Waals surface area contributed by atoms with Crippen molar-refractivity contribution in [1.29, 1.82) is 0 Å². The summed E-state index contributed by atoms with van der Waals surface area (Å²) in [7, 11) is 0. The van der Waals surface area contributed by atoms with Gasteiger partial charge in [-0.2, -0.15) is 5.10 Å². The third kappa shape index (κ3) is 3.07. The minimum Gasteiger partial charge on any atom is -0.314 e. The smallest absolute Gasteiger partial charge is 0.0850 e. The molecule has 18 heavy (non-hydrogen) atoms. The van der Waals surface area contributed by atoms with E-state index in [-0.39, 0.29) is 0 Å². The number of rotatable bonds is 4. The lowest BCUT2D eigenvalue weighted by Gasteiger charge is -2.16. The SMILES string of the molecule is CCc1nn(CC)c(CC2CCCCCN2)c1Cl. The largest absolute Gasteiger partial charge is 0.314 e. The molecule has 102 valence electrons. The van der Waals surface area contributed by atoms with Crippen molar-refractivity contribution in [2.45, 2.75) is 65.0 Å². The molecule has 1 fully saturated rings. The van der Waals surface area contributed by atoms with Gasteiger partial charge < -0.3 is 5.32 Å². The highest BCUT2D eigenvalue weighted by Crippen LogP contribution is 2.24. The lowest BCUT2D eigenvalue weighted by molar-refractivity contribution is 0.484. The maximum absolute atomic E-state index is 6.46. The molecule has 1 aromatic heterocycles. The third-order valence-electron chi connectivity index (χ3n) is 3.80. The van der Waals surface area contributed by atoms with E-state index in [1.807, 2.05) is 0 Å². The van der Waals surface area contributed by atoms with Gasteiger partial charge in [0.25, 0.3) is 0 Å². The fourth-order valence-electron chi connectivity index (χ4n) is 2.72. The second-order valence-electron chi connectivity index (χ2n) is 5.08. The first kappa shape index (κ1) is 13.9. The fourth-order valence-corrected chi connectivity index (χ4v) is 3.07. The lowest BCUT2D eigenvalue weighted by atomic mass is 10.1. The molecule has 4 heteroatoms. The average Bonchev–Trinajstić information content (AvgIpc) is 2.58. The summed E-state index contributed by atoms with van der Waals surface area (Å²) < 4.78 is 2.08. The van der Waals surface area contributed by atoms with E-state index in [2.05, 4.69) is 28.9 Å². The average molecular weight is 270 g/mol. The number of aryl methyl sites for hydroxylation is 2. The quantitative estimate of drug-likeness (QED) is 0.910. The maximum Gasteiger partial charge on any atom is 0.0850 e. The molecule has 0 amide bonds. The molecule has 3 nitrogen and oxygen atoms in total. The van der Waals surface area contributed by atoms with Gasteiger partial charge in [-0.1, -0.05) is 31.4 Å². The molecular formula is C14H24ClN3. The predicted molar refractivity (Wildman–Crippen MR) is 76.3 cm³/mol. The van der Waals surface area contributed by atoms with Crippen LogP contribution in [0.2, 0.25) is 5.02 Å². The molecule has 0 radical (unpaired) electrons. The Balaban J connectivity index is 2.13. The number of aromatic nitrogens is 2. The number of nitrogens with zero attached hydrogens (tertiary/aromatic N) is 2. The molecule has 0 aliphatic carbocycles. The molecular weight excluding hydrogens is 246 g/mol. The molecule has 1 atom stereocenters. The van der Waals surface area contributed by atoms with E-state index in [0.717, 1.165) is 36.6 Å². The normalized spacial score (nSPS) is 20.9. The van der Waals surface area contributed by atoms with Gasteiger partial charge in [0, 0.05) is 19.0 Å². The summed E-state index contributed by atoms with van der Waals surface area (Å²) in [5, 5.41) is 9.12. The summed E-state index contributed by atoms with van der Waals surface area (Å²) in [6.45, 7) is 6.29. The van der Waals surface area contributed by atoms with Crippen LogP contribution in [0.25, 0.3) is 0 Å². The standard InChI is InChI=1S/C14H24ClN3/c1-3-12-14(15)13(18(4-2)17-12)10-11-8-6-5-7-9-16-11/h11,16H,3-10H2,1-2H3. The summed E-state index contributed by atoms with van der Waals surface area (Å²) in [4.78, 5) is 0. The zero-order chi connectivity index (χ0) is 13.0. The fraction of sp³-hybridized carbons (Fsp3) is 0.786. The third-order valence-corrected chi connectivity index (χ3v) is 4.23. The zero-order valence-electron chi connectivity index (χ0n) is 11.5. The van der Waals surface area contributed by atoms with Crippen molar-refractivity contribution in [3.05, 3.63) is 16.4 Å². The summed E-state index contributed by atoms with van der Waals surface area (Å²) in [5.41, 5.74) is 2.26. The van der Waals surface area contributed by atoms with Gasteiger partial charge in [-0.25, -0.2) is 0 Å². The van der Waals surface area contributed by atoms with Crippen LogP contribution in [0.3, 0.4) is 0 Å². The van der Waals surface area contributed by atoms with Gasteiger partial charge in [-0.3, -0.25) is 4.68 Å². The van der Waals surface area contributed by atoms with Crippen LogP contribution in [0.1, 0.15) is 50.9 Å². The summed E-state index contributed by atoms with van der Waals surface area (Å²) in [5.74, 6) is 0. The second-order valence-corrected chi connectivity index (χ2v) is 5.46. The Kier molecular flexibility index (Phi) is 5.07. The van der Waals surface area contributed by atoms with Crippen molar-refractivity contribution in [2.24, 2.45) is 0 Å². The highest BCUT2D eigenvalue weighted by Gasteiger charge is 2.19. The van der Waals surface area contributed by atoms with Crippen molar-refractivity contribution in [3.8, 4) is 0 Å². The molecule has 1 aliphatic rings. The van der Waals surface area contributed by atoms with Crippen LogP contribution in [0, 0.1) is 0 Å². The maximum atomic E-state index is 6.46. The molecule has 1 saturated heterocycles. The van der Waals surface area contributed by atoms with Gasteiger partial charge in [-0.15, -0.1) is 0 Å². The first-order valence-electron chi connectivity index (χ1n) is 7.23. The first-order valence-corrected chi connectivity index (χ1v) is 7.61. The van der Waals surface area contributed by atoms with Gasteiger partial charge in [0.05, 0.1) is 16.4 Å². The molecule has 2 rings (SSSR count). The van der Waals surface area contributed by atoms with Gasteiger partial charge >= 0.3 is 0 Å². The Morgan fingerprint density at radius 3 is 2.89 bits per heavy atom. The Morgan fingerprint density at radius 1 is 1.33 bits per heavy atom. The monoisotopic (exact) mass is 269 g/mol. The number of hydrogen-bond acceptors (Lipinski definition) is 2. The van der Waals surface area contributed by atoms with Gasteiger partial charge in [-0.05, 0) is 32.7 Å². The molecule has 1 N–H and O–H groups in total. The number of nitrogens with one attached hydrogen (secondary N) is 1. The zero-order valence-corrected chi connectivity index (χ0v) is 12.3. The van der Waals surface area contributed by atoms with Crippen molar-refractivity contribution >= 4 is 11.6 Å².